The Morgan fingerprint density at radius 2 is 1.71 bits per heavy atom. The second-order valence-corrected chi connectivity index (χ2v) is 6.92. The molecule has 0 spiro atoms. The van der Waals surface area contributed by atoms with Gasteiger partial charge in [-0.15, -0.1) is 40.3 Å². The van der Waals surface area contributed by atoms with Crippen LogP contribution < -0.4 is 10.4 Å². The van der Waals surface area contributed by atoms with Gasteiger partial charge in [0.15, 0.2) is 0 Å². The summed E-state index contributed by atoms with van der Waals surface area (Å²) in [4.78, 5) is 0. The monoisotopic (exact) mass is 389 g/mol. The average molecular weight is 391 g/mol. The molecule has 0 unspecified atom stereocenters. The Labute approximate surface area is 164 Å². The van der Waals surface area contributed by atoms with E-state index in [1.807, 2.05) is 0 Å². The average Bonchev–Trinajstić information content (AvgIpc) is 2.99. The molecule has 2 aliphatic rings. The number of rotatable bonds is 2. The van der Waals surface area contributed by atoms with Crippen LogP contribution in [0.5, 0.6) is 0 Å². The largest absolute Gasteiger partial charge is 0.145 e. The Morgan fingerprint density at radius 3 is 2.46 bits per heavy atom. The van der Waals surface area contributed by atoms with Crippen LogP contribution in [0.2, 0.25) is 0 Å². The van der Waals surface area contributed by atoms with Crippen LogP contribution in [0.25, 0.3) is 23.3 Å². The predicted octanol–water partition coefficient (Wildman–Crippen LogP) is 4.62. The van der Waals surface area contributed by atoms with Gasteiger partial charge in [-0.25, -0.2) is 0 Å². The molecule has 24 heavy (non-hydrogen) atoms. The molecule has 4 rings (SSSR count). The first-order valence-electron chi connectivity index (χ1n) is 8.83. The molecule has 0 nitrogen and oxygen atoms in total. The zero-order valence-electron chi connectivity index (χ0n) is 14.3. The van der Waals surface area contributed by atoms with E-state index in [0.29, 0.717) is 0 Å². The Bertz CT molecular complexity index is 850. The van der Waals surface area contributed by atoms with Crippen LogP contribution >= 0.6 is 0 Å². The summed E-state index contributed by atoms with van der Waals surface area (Å²) >= 11 is 0. The van der Waals surface area contributed by atoms with Gasteiger partial charge in [-0.3, -0.25) is 0 Å². The molecule has 0 atom stereocenters. The van der Waals surface area contributed by atoms with Gasteiger partial charge in [0, 0.05) is 26.2 Å². The van der Waals surface area contributed by atoms with E-state index in [-0.39, 0.29) is 26.2 Å². The molecule has 2 aliphatic carbocycles. The van der Waals surface area contributed by atoms with Crippen LogP contribution in [0, 0.1) is 12.8 Å². The summed E-state index contributed by atoms with van der Waals surface area (Å²) in [6, 6.07) is 15.4. The van der Waals surface area contributed by atoms with Crippen molar-refractivity contribution in [3.63, 3.8) is 0 Å². The maximum Gasteiger partial charge on any atom is 0 e. The van der Waals surface area contributed by atoms with Gasteiger partial charge in [-0.2, -0.15) is 0 Å². The molecule has 0 N–H and O–H groups in total. The summed E-state index contributed by atoms with van der Waals surface area (Å²) in [6.07, 6.45) is 15.3. The minimum atomic E-state index is 0. The van der Waals surface area contributed by atoms with Crippen molar-refractivity contribution in [1.29, 1.82) is 0 Å². The van der Waals surface area contributed by atoms with Gasteiger partial charge in [0.05, 0.1) is 0 Å². The van der Waals surface area contributed by atoms with Crippen LogP contribution in [0.3, 0.4) is 0 Å². The van der Waals surface area contributed by atoms with Crippen molar-refractivity contribution in [1.82, 2.24) is 0 Å². The van der Waals surface area contributed by atoms with E-state index in [0.717, 1.165) is 5.92 Å². The van der Waals surface area contributed by atoms with E-state index in [1.54, 1.807) is 0 Å². The summed E-state index contributed by atoms with van der Waals surface area (Å²) < 4.78 is 0. The first kappa shape index (κ1) is 17.6. The maximum atomic E-state index is 3.61. The molecular formula is C23H23Zr-. The standard InChI is InChI=1S/C23H23.Zr/c1-17-10-12-20(13-11-17)22-9-5-8-21-15-19(16-23(21)22)14-18-6-3-2-4-7-18;/h5,8-14,16,18H,2-4,6-7H2,1H3;/q-1;. The van der Waals surface area contributed by atoms with Crippen molar-refractivity contribution < 1.29 is 26.2 Å². The van der Waals surface area contributed by atoms with Gasteiger partial charge in [0.25, 0.3) is 0 Å². The maximum absolute atomic E-state index is 3.61. The normalized spacial score (nSPS) is 18.5. The van der Waals surface area contributed by atoms with Crippen molar-refractivity contribution in [3.8, 4) is 11.1 Å². The number of aryl methyl sites for hydroxylation is 1. The second kappa shape index (κ2) is 7.79. The molecule has 1 fully saturated rings. The van der Waals surface area contributed by atoms with E-state index in [1.165, 1.54) is 64.8 Å². The molecule has 0 aromatic heterocycles. The van der Waals surface area contributed by atoms with Gasteiger partial charge in [0.1, 0.15) is 0 Å². The van der Waals surface area contributed by atoms with E-state index in [2.05, 4.69) is 67.6 Å². The molecular weight excluding hydrogens is 367 g/mol. The third kappa shape index (κ3) is 3.72. The van der Waals surface area contributed by atoms with Crippen molar-refractivity contribution in [3.05, 3.63) is 70.1 Å². The zero-order valence-corrected chi connectivity index (χ0v) is 16.8. The Hall–Kier alpha value is -1.20. The Balaban J connectivity index is 0.00000169. The molecule has 0 radical (unpaired) electrons. The third-order valence-electron chi connectivity index (χ3n) is 5.11. The smallest absolute Gasteiger partial charge is 0 e. The fraction of sp³-hybridized carbons (Fsp3) is 0.304. The van der Waals surface area contributed by atoms with Crippen LogP contribution in [-0.2, 0) is 26.2 Å². The molecule has 0 aliphatic heterocycles. The van der Waals surface area contributed by atoms with E-state index < -0.39 is 0 Å². The number of hydrogen-bond donors (Lipinski definition) is 0. The topological polar surface area (TPSA) is 0 Å². The van der Waals surface area contributed by atoms with Crippen LogP contribution in [0.1, 0.15) is 37.7 Å². The third-order valence-corrected chi connectivity index (χ3v) is 5.11. The van der Waals surface area contributed by atoms with E-state index in [4.69, 9.17) is 0 Å². The minimum Gasteiger partial charge on any atom is -0.145 e. The number of allylic oxidation sites excluding steroid dienone is 2. The Morgan fingerprint density at radius 1 is 0.958 bits per heavy atom. The Kier molecular flexibility index (Phi) is 5.72. The summed E-state index contributed by atoms with van der Waals surface area (Å²) in [5.74, 6) is 0.750. The van der Waals surface area contributed by atoms with Crippen molar-refractivity contribution in [2.24, 2.45) is 5.92 Å². The van der Waals surface area contributed by atoms with Gasteiger partial charge in [0.2, 0.25) is 0 Å². The van der Waals surface area contributed by atoms with Crippen molar-refractivity contribution >= 4 is 12.2 Å². The zero-order chi connectivity index (χ0) is 15.6. The molecule has 0 bridgehead atoms. The minimum absolute atomic E-state index is 0. The molecule has 0 amide bonds. The predicted molar refractivity (Wildman–Crippen MR) is 98.4 cm³/mol. The summed E-state index contributed by atoms with van der Waals surface area (Å²) in [6.45, 7) is 2.14. The molecule has 0 heterocycles. The summed E-state index contributed by atoms with van der Waals surface area (Å²) in [7, 11) is 0. The van der Waals surface area contributed by atoms with Crippen molar-refractivity contribution in [2.75, 3.05) is 0 Å². The summed E-state index contributed by atoms with van der Waals surface area (Å²) in [5, 5.41) is 2.57. The first-order chi connectivity index (χ1) is 11.3. The molecule has 1 heteroatoms. The number of hydrogen-bond acceptors (Lipinski definition) is 0. The van der Waals surface area contributed by atoms with E-state index >= 15 is 0 Å². The number of fused-ring (bicyclic) bond motifs is 1. The molecule has 0 saturated heterocycles. The number of benzene rings is 2. The summed E-state index contributed by atoms with van der Waals surface area (Å²) in [5.41, 5.74) is 5.21. The fourth-order valence-corrected chi connectivity index (χ4v) is 3.81. The van der Waals surface area contributed by atoms with Gasteiger partial charge in [-0.1, -0.05) is 79.6 Å². The first-order valence-corrected chi connectivity index (χ1v) is 8.83. The molecule has 2 aromatic carbocycles. The van der Waals surface area contributed by atoms with Crippen LogP contribution in [0.15, 0.2) is 54.1 Å². The fourth-order valence-electron chi connectivity index (χ4n) is 3.81. The van der Waals surface area contributed by atoms with Crippen molar-refractivity contribution in [2.45, 2.75) is 39.0 Å². The van der Waals surface area contributed by atoms with Gasteiger partial charge < -0.3 is 0 Å². The van der Waals surface area contributed by atoms with Gasteiger partial charge in [-0.05, 0) is 18.4 Å². The quantitative estimate of drug-likeness (QED) is 0.657. The second-order valence-electron chi connectivity index (χ2n) is 6.92. The molecule has 120 valence electrons. The molecule has 2 aromatic rings. The van der Waals surface area contributed by atoms with Crippen LogP contribution in [-0.4, -0.2) is 0 Å². The van der Waals surface area contributed by atoms with Gasteiger partial charge >= 0.3 is 0 Å². The molecule has 1 saturated carbocycles. The van der Waals surface area contributed by atoms with E-state index in [9.17, 15) is 0 Å². The van der Waals surface area contributed by atoms with Crippen LogP contribution in [0.4, 0.5) is 0 Å². The SMILES string of the molecule is Cc1ccc(-c2cccc3c2=CC(=CC2CCCCC2)[C-]=3)cc1.[Zr].